The van der Waals surface area contributed by atoms with E-state index in [2.05, 4.69) is 62.3 Å². The molecule has 5 nitrogen and oxygen atoms in total. The molecular weight excluding hydrogens is 428 g/mol. The Morgan fingerprint density at radius 3 is 2.38 bits per heavy atom. The molecule has 0 aliphatic carbocycles. The van der Waals surface area contributed by atoms with Crippen LogP contribution in [0.2, 0.25) is 0 Å². The number of carbonyl (C=O) groups excluding carboxylic acids is 1. The molecule has 0 radical (unpaired) electrons. The van der Waals surface area contributed by atoms with Gasteiger partial charge in [0.25, 0.3) is 5.91 Å². The van der Waals surface area contributed by atoms with Crippen molar-refractivity contribution in [2.75, 3.05) is 37.4 Å². The summed E-state index contributed by atoms with van der Waals surface area (Å²) in [6, 6.07) is 21.2. The van der Waals surface area contributed by atoms with Crippen molar-refractivity contribution in [2.24, 2.45) is 0 Å². The highest BCUT2D eigenvalue weighted by Crippen LogP contribution is 2.32. The Balaban J connectivity index is 1.90. The van der Waals surface area contributed by atoms with Crippen LogP contribution in [0.1, 0.15) is 16.8 Å². The van der Waals surface area contributed by atoms with E-state index in [1.165, 1.54) is 0 Å². The maximum absolute atomic E-state index is 12.7. The topological polar surface area (TPSA) is 48.5 Å². The standard InChI is InChI=1S/C23H25BrN4O/c1-27(2)16-7-17-28(20-13-11-19(24)12-14-20)21-10-6-15-25-22(21)26-23(29)18-8-4-3-5-9-18/h3-6,8-15H,7,16-17H2,1-2H3,(H,25,26,29). The number of pyridine rings is 1. The number of rotatable bonds is 8. The monoisotopic (exact) mass is 452 g/mol. The van der Waals surface area contributed by atoms with E-state index in [0.717, 1.165) is 35.4 Å². The normalized spacial score (nSPS) is 10.8. The van der Waals surface area contributed by atoms with Crippen molar-refractivity contribution in [3.8, 4) is 0 Å². The van der Waals surface area contributed by atoms with Crippen LogP contribution in [0.15, 0.2) is 77.4 Å². The molecule has 29 heavy (non-hydrogen) atoms. The van der Waals surface area contributed by atoms with Gasteiger partial charge in [-0.05, 0) is 75.6 Å². The van der Waals surface area contributed by atoms with Gasteiger partial charge in [-0.3, -0.25) is 4.79 Å². The number of nitrogens with one attached hydrogen (secondary N) is 1. The van der Waals surface area contributed by atoms with E-state index >= 15 is 0 Å². The zero-order valence-corrected chi connectivity index (χ0v) is 18.3. The van der Waals surface area contributed by atoms with E-state index in [0.29, 0.717) is 11.4 Å². The summed E-state index contributed by atoms with van der Waals surface area (Å²) in [6.07, 6.45) is 2.67. The Morgan fingerprint density at radius 2 is 1.69 bits per heavy atom. The van der Waals surface area contributed by atoms with Gasteiger partial charge >= 0.3 is 0 Å². The van der Waals surface area contributed by atoms with Crippen molar-refractivity contribution in [1.29, 1.82) is 0 Å². The first-order chi connectivity index (χ1) is 14.0. The molecular formula is C23H25BrN4O. The lowest BCUT2D eigenvalue weighted by Gasteiger charge is -2.27. The van der Waals surface area contributed by atoms with Gasteiger partial charge in [0.2, 0.25) is 0 Å². The number of benzene rings is 2. The second-order valence-electron chi connectivity index (χ2n) is 6.98. The van der Waals surface area contributed by atoms with Crippen LogP contribution in [0.5, 0.6) is 0 Å². The number of carbonyl (C=O) groups is 1. The van der Waals surface area contributed by atoms with Gasteiger partial charge in [0.1, 0.15) is 0 Å². The molecule has 0 aliphatic heterocycles. The van der Waals surface area contributed by atoms with Gasteiger partial charge in [-0.25, -0.2) is 4.98 Å². The number of anilines is 3. The summed E-state index contributed by atoms with van der Waals surface area (Å²) in [5, 5.41) is 2.98. The van der Waals surface area contributed by atoms with Crippen LogP contribution >= 0.6 is 15.9 Å². The summed E-state index contributed by atoms with van der Waals surface area (Å²) >= 11 is 3.50. The van der Waals surface area contributed by atoms with Gasteiger partial charge in [-0.2, -0.15) is 0 Å². The minimum Gasteiger partial charge on any atom is -0.338 e. The maximum Gasteiger partial charge on any atom is 0.256 e. The summed E-state index contributed by atoms with van der Waals surface area (Å²) < 4.78 is 1.03. The maximum atomic E-state index is 12.7. The first kappa shape index (κ1) is 21.0. The molecule has 0 saturated heterocycles. The molecule has 1 N–H and O–H groups in total. The van der Waals surface area contributed by atoms with E-state index in [-0.39, 0.29) is 5.91 Å². The third kappa shape index (κ3) is 5.89. The molecule has 1 aromatic heterocycles. The fourth-order valence-corrected chi connectivity index (χ4v) is 3.30. The van der Waals surface area contributed by atoms with E-state index in [9.17, 15) is 4.79 Å². The second kappa shape index (κ2) is 10.2. The lowest BCUT2D eigenvalue weighted by Crippen LogP contribution is -2.25. The summed E-state index contributed by atoms with van der Waals surface area (Å²) in [7, 11) is 4.14. The van der Waals surface area contributed by atoms with Crippen molar-refractivity contribution in [1.82, 2.24) is 9.88 Å². The first-order valence-electron chi connectivity index (χ1n) is 9.54. The SMILES string of the molecule is CN(C)CCCN(c1ccc(Br)cc1)c1cccnc1NC(=O)c1ccccc1. The molecule has 150 valence electrons. The van der Waals surface area contributed by atoms with Crippen molar-refractivity contribution in [2.45, 2.75) is 6.42 Å². The Morgan fingerprint density at radius 1 is 0.966 bits per heavy atom. The predicted octanol–water partition coefficient (Wildman–Crippen LogP) is 5.19. The van der Waals surface area contributed by atoms with Gasteiger partial charge in [0.05, 0.1) is 5.69 Å². The van der Waals surface area contributed by atoms with E-state index in [1.807, 2.05) is 42.5 Å². The predicted molar refractivity (Wildman–Crippen MR) is 123 cm³/mol. The quantitative estimate of drug-likeness (QED) is 0.510. The van der Waals surface area contributed by atoms with Crippen LogP contribution in [0.4, 0.5) is 17.2 Å². The summed E-state index contributed by atoms with van der Waals surface area (Å²) in [4.78, 5) is 21.5. The molecule has 3 rings (SSSR count). The van der Waals surface area contributed by atoms with Crippen molar-refractivity contribution in [3.05, 3.63) is 83.0 Å². The van der Waals surface area contributed by atoms with Gasteiger partial charge in [-0.1, -0.05) is 34.1 Å². The largest absolute Gasteiger partial charge is 0.338 e. The molecule has 2 aromatic carbocycles. The average Bonchev–Trinajstić information content (AvgIpc) is 2.73. The molecule has 0 aliphatic rings. The molecule has 0 bridgehead atoms. The van der Waals surface area contributed by atoms with Gasteiger partial charge in [-0.15, -0.1) is 0 Å². The third-order valence-electron chi connectivity index (χ3n) is 4.47. The van der Waals surface area contributed by atoms with Crippen molar-refractivity contribution >= 4 is 39.0 Å². The number of nitrogens with zero attached hydrogens (tertiary/aromatic N) is 3. The van der Waals surface area contributed by atoms with Crippen LogP contribution in [-0.2, 0) is 0 Å². The summed E-state index contributed by atoms with van der Waals surface area (Å²) in [5.74, 6) is 0.378. The second-order valence-corrected chi connectivity index (χ2v) is 7.89. The van der Waals surface area contributed by atoms with Gasteiger partial charge in [0.15, 0.2) is 5.82 Å². The lowest BCUT2D eigenvalue weighted by atomic mass is 10.2. The van der Waals surface area contributed by atoms with Gasteiger partial charge < -0.3 is 15.1 Å². The third-order valence-corrected chi connectivity index (χ3v) is 5.00. The first-order valence-corrected chi connectivity index (χ1v) is 10.3. The zero-order chi connectivity index (χ0) is 20.6. The number of aromatic nitrogens is 1. The number of hydrogen-bond donors (Lipinski definition) is 1. The van der Waals surface area contributed by atoms with E-state index < -0.39 is 0 Å². The molecule has 1 amide bonds. The Labute approximate surface area is 180 Å². The van der Waals surface area contributed by atoms with E-state index in [4.69, 9.17) is 0 Å². The Kier molecular flexibility index (Phi) is 7.38. The van der Waals surface area contributed by atoms with Crippen molar-refractivity contribution < 1.29 is 4.79 Å². The minimum absolute atomic E-state index is 0.172. The minimum atomic E-state index is -0.172. The molecule has 1 heterocycles. The average molecular weight is 453 g/mol. The Hall–Kier alpha value is -2.70. The molecule has 3 aromatic rings. The highest BCUT2D eigenvalue weighted by Gasteiger charge is 2.17. The van der Waals surface area contributed by atoms with Crippen LogP contribution in [0.25, 0.3) is 0 Å². The van der Waals surface area contributed by atoms with Gasteiger partial charge in [0, 0.05) is 28.5 Å². The summed E-state index contributed by atoms with van der Waals surface area (Å²) in [6.45, 7) is 1.78. The fraction of sp³-hybridized carbons (Fsp3) is 0.217. The summed E-state index contributed by atoms with van der Waals surface area (Å²) in [5.41, 5.74) is 2.53. The molecule has 0 spiro atoms. The molecule has 0 unspecified atom stereocenters. The lowest BCUT2D eigenvalue weighted by molar-refractivity contribution is 0.102. The fourth-order valence-electron chi connectivity index (χ4n) is 3.03. The molecule has 6 heteroatoms. The number of halogens is 1. The highest BCUT2D eigenvalue weighted by atomic mass is 79.9. The molecule has 0 fully saturated rings. The number of amides is 1. The Bertz CT molecular complexity index is 929. The van der Waals surface area contributed by atoms with E-state index in [1.54, 1.807) is 18.3 Å². The smallest absolute Gasteiger partial charge is 0.256 e. The van der Waals surface area contributed by atoms with Crippen molar-refractivity contribution in [3.63, 3.8) is 0 Å². The molecule has 0 saturated carbocycles. The van der Waals surface area contributed by atoms with Crippen LogP contribution < -0.4 is 10.2 Å². The zero-order valence-electron chi connectivity index (χ0n) is 16.7. The molecule has 0 atom stereocenters. The number of hydrogen-bond acceptors (Lipinski definition) is 4. The van der Waals surface area contributed by atoms with Crippen LogP contribution in [0.3, 0.4) is 0 Å². The van der Waals surface area contributed by atoms with Crippen LogP contribution in [0, 0.1) is 0 Å². The highest BCUT2D eigenvalue weighted by molar-refractivity contribution is 9.10. The van der Waals surface area contributed by atoms with Crippen LogP contribution in [-0.4, -0.2) is 43.0 Å².